The Labute approximate surface area is 173 Å². The molecule has 0 aromatic heterocycles. The summed E-state index contributed by atoms with van der Waals surface area (Å²) in [6.07, 6.45) is 3.09. The molecule has 0 saturated heterocycles. The van der Waals surface area contributed by atoms with Crippen LogP contribution >= 0.6 is 0 Å². The second kappa shape index (κ2) is 8.20. The number of benzene rings is 2. The molecule has 162 valence electrons. The molecule has 6 heteroatoms. The monoisotopic (exact) mass is 424 g/mol. The Morgan fingerprint density at radius 1 is 0.967 bits per heavy atom. The number of rotatable bonds is 4. The van der Waals surface area contributed by atoms with Crippen LogP contribution in [0.3, 0.4) is 0 Å². The zero-order chi connectivity index (χ0) is 21.5. The van der Waals surface area contributed by atoms with Crippen LogP contribution in [0.15, 0.2) is 30.3 Å². The van der Waals surface area contributed by atoms with Gasteiger partial charge in [-0.15, -0.1) is 13.2 Å². The van der Waals surface area contributed by atoms with Crippen molar-refractivity contribution >= 4 is 0 Å². The Bertz CT molecular complexity index is 897. The van der Waals surface area contributed by atoms with E-state index in [4.69, 9.17) is 0 Å². The minimum Gasteiger partial charge on any atom is -0.399 e. The summed E-state index contributed by atoms with van der Waals surface area (Å²) in [7, 11) is 0. The van der Waals surface area contributed by atoms with Gasteiger partial charge in [0.25, 0.3) is 0 Å². The van der Waals surface area contributed by atoms with Gasteiger partial charge in [-0.1, -0.05) is 38.0 Å². The van der Waals surface area contributed by atoms with E-state index < -0.39 is 23.7 Å². The summed E-state index contributed by atoms with van der Waals surface area (Å²) < 4.78 is 68.8. The van der Waals surface area contributed by atoms with Gasteiger partial charge in [0.2, 0.25) is 5.75 Å². The number of ether oxygens (including phenoxy) is 1. The minimum atomic E-state index is -5.15. The highest BCUT2D eigenvalue weighted by Crippen LogP contribution is 2.48. The molecule has 0 aliphatic heterocycles. The Hall–Kier alpha value is -2.11. The zero-order valence-electron chi connectivity index (χ0n) is 16.9. The third-order valence-electron chi connectivity index (χ3n) is 6.66. The summed E-state index contributed by atoms with van der Waals surface area (Å²) in [5, 5.41) is 0. The van der Waals surface area contributed by atoms with Gasteiger partial charge in [0.15, 0.2) is 11.6 Å². The molecule has 2 aromatic carbocycles. The fourth-order valence-electron chi connectivity index (χ4n) is 5.40. The predicted octanol–water partition coefficient (Wildman–Crippen LogP) is 7.78. The molecule has 2 aliphatic carbocycles. The molecule has 0 spiro atoms. The first-order valence-corrected chi connectivity index (χ1v) is 10.6. The van der Waals surface area contributed by atoms with Crippen molar-refractivity contribution in [3.8, 4) is 16.9 Å². The quantitative estimate of drug-likeness (QED) is 0.456. The maximum Gasteiger partial charge on any atom is 0.573 e. The van der Waals surface area contributed by atoms with Crippen molar-refractivity contribution in [2.75, 3.05) is 0 Å². The molecule has 2 aromatic rings. The predicted molar refractivity (Wildman–Crippen MR) is 105 cm³/mol. The minimum absolute atomic E-state index is 0.205. The SMILES string of the molecule is CCCC1CCC2c3ccc(-c4cc(F)c(OC(F)(F)F)c(F)c4)cc3CCC2C1. The van der Waals surface area contributed by atoms with Gasteiger partial charge in [0, 0.05) is 0 Å². The van der Waals surface area contributed by atoms with Crippen LogP contribution < -0.4 is 4.74 Å². The molecule has 0 N–H and O–H groups in total. The van der Waals surface area contributed by atoms with E-state index in [-0.39, 0.29) is 5.56 Å². The van der Waals surface area contributed by atoms with Gasteiger partial charge in [-0.3, -0.25) is 0 Å². The summed E-state index contributed by atoms with van der Waals surface area (Å²) in [6, 6.07) is 7.58. The summed E-state index contributed by atoms with van der Waals surface area (Å²) in [5.74, 6) is -2.10. The number of fused-ring (bicyclic) bond motifs is 3. The van der Waals surface area contributed by atoms with E-state index in [9.17, 15) is 22.0 Å². The van der Waals surface area contributed by atoms with Crippen molar-refractivity contribution in [2.45, 2.75) is 64.1 Å². The standard InChI is InChI=1S/C24H25F5O/c1-2-3-14-4-8-19-16(10-14)5-6-17-11-15(7-9-20(17)19)18-12-21(25)23(22(26)13-18)30-24(27,28)29/h7,9,11-14,16,19H,2-6,8,10H2,1H3. The first kappa shape index (κ1) is 21.1. The second-order valence-electron chi connectivity index (χ2n) is 8.60. The van der Waals surface area contributed by atoms with Gasteiger partial charge >= 0.3 is 6.36 Å². The highest BCUT2D eigenvalue weighted by molar-refractivity contribution is 5.66. The number of halogens is 5. The molecule has 1 fully saturated rings. The van der Waals surface area contributed by atoms with Crippen LogP contribution in [-0.2, 0) is 6.42 Å². The van der Waals surface area contributed by atoms with Gasteiger partial charge in [-0.2, -0.15) is 0 Å². The molecule has 0 radical (unpaired) electrons. The molecule has 2 aliphatic rings. The lowest BCUT2D eigenvalue weighted by molar-refractivity contribution is -0.276. The maximum atomic E-state index is 14.1. The Morgan fingerprint density at radius 2 is 1.70 bits per heavy atom. The molecule has 30 heavy (non-hydrogen) atoms. The fourth-order valence-corrected chi connectivity index (χ4v) is 5.40. The highest BCUT2D eigenvalue weighted by atomic mass is 19.4. The molecule has 4 rings (SSSR count). The Morgan fingerprint density at radius 3 is 2.37 bits per heavy atom. The smallest absolute Gasteiger partial charge is 0.399 e. The van der Waals surface area contributed by atoms with Crippen LogP contribution in [0.1, 0.15) is 62.5 Å². The lowest BCUT2D eigenvalue weighted by Gasteiger charge is -2.40. The zero-order valence-corrected chi connectivity index (χ0v) is 16.9. The molecular weight excluding hydrogens is 399 g/mol. The van der Waals surface area contributed by atoms with Gasteiger partial charge in [-0.25, -0.2) is 8.78 Å². The van der Waals surface area contributed by atoms with Crippen LogP contribution in [0.5, 0.6) is 5.75 Å². The van der Waals surface area contributed by atoms with E-state index in [0.717, 1.165) is 30.9 Å². The number of hydrogen-bond acceptors (Lipinski definition) is 1. The van der Waals surface area contributed by atoms with Gasteiger partial charge in [0.1, 0.15) is 0 Å². The Kier molecular flexibility index (Phi) is 5.78. The van der Waals surface area contributed by atoms with Crippen molar-refractivity contribution < 1.29 is 26.7 Å². The van der Waals surface area contributed by atoms with Crippen molar-refractivity contribution in [1.82, 2.24) is 0 Å². The van der Waals surface area contributed by atoms with Crippen molar-refractivity contribution in [3.05, 3.63) is 53.1 Å². The van der Waals surface area contributed by atoms with E-state index in [0.29, 0.717) is 17.4 Å². The lowest BCUT2D eigenvalue weighted by Crippen LogP contribution is -2.28. The van der Waals surface area contributed by atoms with Gasteiger partial charge in [0.05, 0.1) is 0 Å². The van der Waals surface area contributed by atoms with Gasteiger partial charge < -0.3 is 4.74 Å². The first-order valence-electron chi connectivity index (χ1n) is 10.6. The van der Waals surface area contributed by atoms with E-state index in [2.05, 4.69) is 11.7 Å². The molecule has 1 nitrogen and oxygen atoms in total. The fraction of sp³-hybridized carbons (Fsp3) is 0.500. The lowest BCUT2D eigenvalue weighted by atomic mass is 9.64. The summed E-state index contributed by atoms with van der Waals surface area (Å²) in [5.41, 5.74) is 3.31. The van der Waals surface area contributed by atoms with Crippen LogP contribution in [0.2, 0.25) is 0 Å². The van der Waals surface area contributed by atoms with E-state index >= 15 is 0 Å². The van der Waals surface area contributed by atoms with Crippen LogP contribution in [0.25, 0.3) is 11.1 Å². The normalized spacial score (nSPS) is 23.6. The highest BCUT2D eigenvalue weighted by Gasteiger charge is 2.36. The molecule has 0 amide bonds. The Balaban J connectivity index is 1.59. The van der Waals surface area contributed by atoms with Crippen LogP contribution in [0.4, 0.5) is 22.0 Å². The van der Waals surface area contributed by atoms with Crippen LogP contribution in [-0.4, -0.2) is 6.36 Å². The molecule has 3 atom stereocenters. The topological polar surface area (TPSA) is 9.23 Å². The molecule has 1 saturated carbocycles. The average molecular weight is 424 g/mol. The molecule has 0 bridgehead atoms. The van der Waals surface area contributed by atoms with Crippen LogP contribution in [0, 0.1) is 23.5 Å². The first-order chi connectivity index (χ1) is 14.2. The summed E-state index contributed by atoms with van der Waals surface area (Å²) in [6.45, 7) is 2.23. The largest absolute Gasteiger partial charge is 0.573 e. The van der Waals surface area contributed by atoms with Crippen molar-refractivity contribution in [2.24, 2.45) is 11.8 Å². The second-order valence-corrected chi connectivity index (χ2v) is 8.60. The summed E-state index contributed by atoms with van der Waals surface area (Å²) in [4.78, 5) is 0. The number of hydrogen-bond donors (Lipinski definition) is 0. The van der Waals surface area contributed by atoms with E-state index in [1.54, 1.807) is 0 Å². The van der Waals surface area contributed by atoms with Crippen molar-refractivity contribution in [1.29, 1.82) is 0 Å². The molecule has 3 unspecified atom stereocenters. The van der Waals surface area contributed by atoms with E-state index in [1.165, 1.54) is 43.2 Å². The number of aryl methyl sites for hydroxylation is 1. The third-order valence-corrected chi connectivity index (χ3v) is 6.66. The van der Waals surface area contributed by atoms with Crippen molar-refractivity contribution in [3.63, 3.8) is 0 Å². The molecule has 0 heterocycles. The maximum absolute atomic E-state index is 14.1. The summed E-state index contributed by atoms with van der Waals surface area (Å²) >= 11 is 0. The molecular formula is C24H25F5O. The number of alkyl halides is 3. The average Bonchev–Trinajstić information content (AvgIpc) is 2.69. The third kappa shape index (κ3) is 4.33. The van der Waals surface area contributed by atoms with E-state index in [1.807, 2.05) is 18.2 Å². The van der Waals surface area contributed by atoms with Gasteiger partial charge in [-0.05, 0) is 84.2 Å².